The summed E-state index contributed by atoms with van der Waals surface area (Å²) in [7, 11) is 1.91. The van der Waals surface area contributed by atoms with Gasteiger partial charge in [0.15, 0.2) is 0 Å². The van der Waals surface area contributed by atoms with Crippen molar-refractivity contribution in [3.8, 4) is 5.75 Å². The molecule has 0 fully saturated rings. The Hall–Kier alpha value is -2.03. The van der Waals surface area contributed by atoms with E-state index in [2.05, 4.69) is 16.4 Å². The van der Waals surface area contributed by atoms with Crippen LogP contribution in [-0.4, -0.2) is 12.0 Å². The number of hydrogen-bond donors (Lipinski definition) is 1. The summed E-state index contributed by atoms with van der Waals surface area (Å²) < 4.78 is 5.75. The molecule has 0 aliphatic carbocycles. The van der Waals surface area contributed by atoms with E-state index >= 15 is 0 Å². The zero-order valence-electron chi connectivity index (χ0n) is 10.1. The summed E-state index contributed by atoms with van der Waals surface area (Å²) in [5.41, 5.74) is 3.29. The number of nitrogens with one attached hydrogen (secondary N) is 1. The monoisotopic (exact) mass is 228 g/mol. The minimum absolute atomic E-state index is 0.549. The molecule has 3 nitrogen and oxygen atoms in total. The van der Waals surface area contributed by atoms with Crippen LogP contribution in [0.2, 0.25) is 0 Å². The largest absolute Gasteiger partial charge is 0.489 e. The first-order chi connectivity index (χ1) is 8.29. The molecular weight excluding hydrogens is 212 g/mol. The molecular formula is C14H16N2O. The highest BCUT2D eigenvalue weighted by atomic mass is 16.5. The number of benzene rings is 1. The third-order valence-corrected chi connectivity index (χ3v) is 2.58. The minimum atomic E-state index is 0.549. The third-order valence-electron chi connectivity index (χ3n) is 2.58. The highest BCUT2D eigenvalue weighted by molar-refractivity contribution is 5.50. The average Bonchev–Trinajstić information content (AvgIpc) is 2.38. The Labute approximate surface area is 101 Å². The first kappa shape index (κ1) is 11.5. The maximum atomic E-state index is 5.75. The fourth-order valence-electron chi connectivity index (χ4n) is 1.61. The van der Waals surface area contributed by atoms with Crippen LogP contribution in [0.1, 0.15) is 11.1 Å². The van der Waals surface area contributed by atoms with Crippen molar-refractivity contribution < 1.29 is 4.74 Å². The number of pyridine rings is 1. The van der Waals surface area contributed by atoms with Crippen molar-refractivity contribution in [3.63, 3.8) is 0 Å². The van der Waals surface area contributed by atoms with Crippen molar-refractivity contribution in [2.24, 2.45) is 0 Å². The Morgan fingerprint density at radius 2 is 2.18 bits per heavy atom. The molecule has 1 heterocycles. The zero-order chi connectivity index (χ0) is 12.1. The van der Waals surface area contributed by atoms with E-state index in [0.29, 0.717) is 6.61 Å². The molecule has 0 amide bonds. The van der Waals surface area contributed by atoms with Gasteiger partial charge < -0.3 is 10.1 Å². The molecule has 0 aliphatic heterocycles. The number of nitrogens with zero attached hydrogens (tertiary/aromatic N) is 1. The summed E-state index contributed by atoms with van der Waals surface area (Å²) in [6, 6.07) is 9.97. The van der Waals surface area contributed by atoms with Crippen LogP contribution in [0.25, 0.3) is 0 Å². The van der Waals surface area contributed by atoms with Gasteiger partial charge in [0.05, 0.1) is 0 Å². The van der Waals surface area contributed by atoms with Crippen molar-refractivity contribution in [3.05, 3.63) is 53.9 Å². The third kappa shape index (κ3) is 2.97. The topological polar surface area (TPSA) is 34.1 Å². The molecule has 1 N–H and O–H groups in total. The molecule has 2 aromatic rings. The molecule has 0 saturated heterocycles. The molecule has 3 heteroatoms. The number of aryl methyl sites for hydroxylation is 1. The Bertz CT molecular complexity index is 483. The van der Waals surface area contributed by atoms with Gasteiger partial charge in [0.1, 0.15) is 12.4 Å². The maximum Gasteiger partial charge on any atom is 0.122 e. The van der Waals surface area contributed by atoms with E-state index in [-0.39, 0.29) is 0 Å². The molecule has 88 valence electrons. The SMILES string of the molecule is CNc1ccc(OCc2cccnc2)c(C)c1. The molecule has 2 rings (SSSR count). The van der Waals surface area contributed by atoms with Gasteiger partial charge in [-0.05, 0) is 36.8 Å². The van der Waals surface area contributed by atoms with Crippen molar-refractivity contribution >= 4 is 5.69 Å². The number of hydrogen-bond acceptors (Lipinski definition) is 3. The molecule has 0 unspecified atom stereocenters. The van der Waals surface area contributed by atoms with Crippen molar-refractivity contribution in [2.45, 2.75) is 13.5 Å². The standard InChI is InChI=1S/C14H16N2O/c1-11-8-13(15-2)5-6-14(11)17-10-12-4-3-7-16-9-12/h3-9,15H,10H2,1-2H3. The summed E-state index contributed by atoms with van der Waals surface area (Å²) in [5.74, 6) is 0.910. The summed E-state index contributed by atoms with van der Waals surface area (Å²) in [4.78, 5) is 4.06. The van der Waals surface area contributed by atoms with E-state index in [1.807, 2.05) is 44.4 Å². The average molecular weight is 228 g/mol. The van der Waals surface area contributed by atoms with E-state index < -0.39 is 0 Å². The predicted octanol–water partition coefficient (Wildman–Crippen LogP) is 3.01. The zero-order valence-corrected chi connectivity index (χ0v) is 10.1. The van der Waals surface area contributed by atoms with Crippen LogP contribution in [0.4, 0.5) is 5.69 Å². The van der Waals surface area contributed by atoms with E-state index in [9.17, 15) is 0 Å². The molecule has 0 radical (unpaired) electrons. The smallest absolute Gasteiger partial charge is 0.122 e. The van der Waals surface area contributed by atoms with Crippen LogP contribution < -0.4 is 10.1 Å². The number of ether oxygens (including phenoxy) is 1. The first-order valence-electron chi connectivity index (χ1n) is 5.59. The number of anilines is 1. The Morgan fingerprint density at radius 3 is 2.82 bits per heavy atom. The minimum Gasteiger partial charge on any atom is -0.489 e. The highest BCUT2D eigenvalue weighted by Gasteiger charge is 2.01. The van der Waals surface area contributed by atoms with Gasteiger partial charge in [0, 0.05) is 30.7 Å². The van der Waals surface area contributed by atoms with Crippen LogP contribution in [-0.2, 0) is 6.61 Å². The molecule has 1 aromatic carbocycles. The Kier molecular flexibility index (Phi) is 3.60. The molecule has 0 bridgehead atoms. The van der Waals surface area contributed by atoms with Crippen LogP contribution in [0, 0.1) is 6.92 Å². The second-order valence-corrected chi connectivity index (χ2v) is 3.88. The van der Waals surface area contributed by atoms with Gasteiger partial charge in [-0.1, -0.05) is 6.07 Å². The van der Waals surface area contributed by atoms with Gasteiger partial charge >= 0.3 is 0 Å². The molecule has 0 atom stereocenters. The summed E-state index contributed by atoms with van der Waals surface area (Å²) >= 11 is 0. The van der Waals surface area contributed by atoms with Crippen molar-refractivity contribution in [2.75, 3.05) is 12.4 Å². The lowest BCUT2D eigenvalue weighted by Crippen LogP contribution is -1.98. The summed E-state index contributed by atoms with van der Waals surface area (Å²) in [6.45, 7) is 2.59. The Morgan fingerprint density at radius 1 is 1.29 bits per heavy atom. The second kappa shape index (κ2) is 5.34. The van der Waals surface area contributed by atoms with Gasteiger partial charge in [-0.25, -0.2) is 0 Å². The number of rotatable bonds is 4. The summed E-state index contributed by atoms with van der Waals surface area (Å²) in [5, 5.41) is 3.10. The van der Waals surface area contributed by atoms with Crippen LogP contribution >= 0.6 is 0 Å². The first-order valence-corrected chi connectivity index (χ1v) is 5.59. The fraction of sp³-hybridized carbons (Fsp3) is 0.214. The van der Waals surface area contributed by atoms with Gasteiger partial charge in [0.25, 0.3) is 0 Å². The van der Waals surface area contributed by atoms with Gasteiger partial charge in [-0.15, -0.1) is 0 Å². The summed E-state index contributed by atoms with van der Waals surface area (Å²) in [6.07, 6.45) is 3.58. The molecule has 0 aliphatic rings. The highest BCUT2D eigenvalue weighted by Crippen LogP contribution is 2.22. The maximum absolute atomic E-state index is 5.75. The van der Waals surface area contributed by atoms with Gasteiger partial charge in [0.2, 0.25) is 0 Å². The predicted molar refractivity (Wildman–Crippen MR) is 69.3 cm³/mol. The fourth-order valence-corrected chi connectivity index (χ4v) is 1.61. The number of aromatic nitrogens is 1. The van der Waals surface area contributed by atoms with Crippen molar-refractivity contribution in [1.29, 1.82) is 0 Å². The lowest BCUT2D eigenvalue weighted by Gasteiger charge is -2.10. The lowest BCUT2D eigenvalue weighted by molar-refractivity contribution is 0.303. The van der Waals surface area contributed by atoms with Crippen molar-refractivity contribution in [1.82, 2.24) is 4.98 Å². The lowest BCUT2D eigenvalue weighted by atomic mass is 10.2. The molecule has 0 saturated carbocycles. The molecule has 17 heavy (non-hydrogen) atoms. The van der Waals surface area contributed by atoms with E-state index in [4.69, 9.17) is 4.74 Å². The van der Waals surface area contributed by atoms with E-state index in [1.54, 1.807) is 6.20 Å². The van der Waals surface area contributed by atoms with Crippen LogP contribution in [0.15, 0.2) is 42.7 Å². The normalized spacial score (nSPS) is 10.0. The Balaban J connectivity index is 2.04. The van der Waals surface area contributed by atoms with E-state index in [0.717, 1.165) is 22.6 Å². The quantitative estimate of drug-likeness (QED) is 0.873. The van der Waals surface area contributed by atoms with Crippen LogP contribution in [0.5, 0.6) is 5.75 Å². The van der Waals surface area contributed by atoms with Gasteiger partial charge in [-0.2, -0.15) is 0 Å². The molecule has 0 spiro atoms. The molecule has 1 aromatic heterocycles. The van der Waals surface area contributed by atoms with E-state index in [1.165, 1.54) is 0 Å². The van der Waals surface area contributed by atoms with Gasteiger partial charge in [-0.3, -0.25) is 4.98 Å². The van der Waals surface area contributed by atoms with Crippen LogP contribution in [0.3, 0.4) is 0 Å². The second-order valence-electron chi connectivity index (χ2n) is 3.88.